The van der Waals surface area contributed by atoms with Crippen molar-refractivity contribution in [2.75, 3.05) is 18.6 Å². The molecule has 1 aromatic carbocycles. The molecule has 0 aliphatic heterocycles. The van der Waals surface area contributed by atoms with Crippen LogP contribution in [-0.4, -0.2) is 41.6 Å². The van der Waals surface area contributed by atoms with Gasteiger partial charge in [-0.2, -0.15) is 0 Å². The van der Waals surface area contributed by atoms with Gasteiger partial charge in [-0.1, -0.05) is 12.1 Å². The van der Waals surface area contributed by atoms with Gasteiger partial charge >= 0.3 is 5.97 Å². The summed E-state index contributed by atoms with van der Waals surface area (Å²) in [6, 6.07) is 6.46. The van der Waals surface area contributed by atoms with E-state index in [-0.39, 0.29) is 17.4 Å². The average molecular weight is 298 g/mol. The fraction of sp³-hybridized carbons (Fsp3) is 0.385. The van der Waals surface area contributed by atoms with Crippen LogP contribution in [0.4, 0.5) is 0 Å². The summed E-state index contributed by atoms with van der Waals surface area (Å²) in [6.07, 6.45) is 0. The largest absolute Gasteiger partial charge is 0.497 e. The van der Waals surface area contributed by atoms with Crippen LogP contribution in [-0.2, 0) is 16.1 Å². The summed E-state index contributed by atoms with van der Waals surface area (Å²) in [5.41, 5.74) is 6.27. The molecule has 1 atom stereocenters. The molecule has 7 heteroatoms. The summed E-state index contributed by atoms with van der Waals surface area (Å²) in [5.74, 6) is -0.0874. The summed E-state index contributed by atoms with van der Waals surface area (Å²) in [4.78, 5) is 22.1. The molecule has 0 heterocycles. The molecule has 0 radical (unpaired) electrons. The predicted octanol–water partition coefficient (Wildman–Crippen LogP) is 0.456. The highest BCUT2D eigenvalue weighted by atomic mass is 32.2. The Morgan fingerprint density at radius 1 is 1.50 bits per heavy atom. The van der Waals surface area contributed by atoms with Crippen molar-refractivity contribution in [1.29, 1.82) is 0 Å². The number of methoxy groups -OCH3 is 1. The van der Waals surface area contributed by atoms with Crippen molar-refractivity contribution in [3.63, 3.8) is 0 Å². The summed E-state index contributed by atoms with van der Waals surface area (Å²) in [7, 11) is 1.58. The first-order chi connectivity index (χ1) is 9.52. The maximum atomic E-state index is 11.6. The van der Waals surface area contributed by atoms with Crippen molar-refractivity contribution in [3.8, 4) is 5.75 Å². The minimum Gasteiger partial charge on any atom is -0.497 e. The van der Waals surface area contributed by atoms with Crippen molar-refractivity contribution in [3.05, 3.63) is 29.8 Å². The third-order valence-corrected chi connectivity index (χ3v) is 3.53. The van der Waals surface area contributed by atoms with Crippen LogP contribution in [0.25, 0.3) is 0 Å². The SMILES string of the molecule is COc1cccc(CNC(=O)CSC[C@H](N)C(=O)O)c1. The Morgan fingerprint density at radius 3 is 2.90 bits per heavy atom. The number of ether oxygens (including phenoxy) is 1. The third kappa shape index (κ3) is 5.94. The normalized spacial score (nSPS) is 11.7. The van der Waals surface area contributed by atoms with Gasteiger partial charge in [-0.25, -0.2) is 0 Å². The van der Waals surface area contributed by atoms with Gasteiger partial charge in [0.05, 0.1) is 12.9 Å². The summed E-state index contributed by atoms with van der Waals surface area (Å²) in [5, 5.41) is 11.3. The van der Waals surface area contributed by atoms with Crippen LogP contribution < -0.4 is 15.8 Å². The zero-order valence-electron chi connectivity index (χ0n) is 11.2. The highest BCUT2D eigenvalue weighted by Gasteiger charge is 2.12. The number of benzene rings is 1. The van der Waals surface area contributed by atoms with Crippen LogP contribution >= 0.6 is 11.8 Å². The van der Waals surface area contributed by atoms with E-state index in [1.165, 1.54) is 11.8 Å². The monoisotopic (exact) mass is 298 g/mol. The van der Waals surface area contributed by atoms with Crippen molar-refractivity contribution in [1.82, 2.24) is 5.32 Å². The smallest absolute Gasteiger partial charge is 0.321 e. The van der Waals surface area contributed by atoms with Crippen LogP contribution in [0.1, 0.15) is 5.56 Å². The van der Waals surface area contributed by atoms with Gasteiger partial charge in [0.15, 0.2) is 0 Å². The predicted molar refractivity (Wildman–Crippen MR) is 77.8 cm³/mol. The van der Waals surface area contributed by atoms with E-state index in [2.05, 4.69) is 5.32 Å². The lowest BCUT2D eigenvalue weighted by atomic mass is 10.2. The molecule has 0 bridgehead atoms. The standard InChI is InChI=1S/C13H18N2O4S/c1-19-10-4-2-3-9(5-10)6-15-12(16)8-20-7-11(14)13(17)18/h2-5,11H,6-8,14H2,1H3,(H,15,16)(H,17,18)/t11-/m0/s1. The first kappa shape index (κ1) is 16.3. The number of aliphatic carboxylic acids is 1. The zero-order chi connectivity index (χ0) is 15.0. The van der Waals surface area contributed by atoms with E-state index in [0.29, 0.717) is 6.54 Å². The number of nitrogens with two attached hydrogens (primary N) is 1. The van der Waals surface area contributed by atoms with E-state index < -0.39 is 12.0 Å². The van der Waals surface area contributed by atoms with Gasteiger partial charge in [-0.3, -0.25) is 9.59 Å². The number of rotatable bonds is 8. The second-order valence-corrected chi connectivity index (χ2v) is 5.12. The lowest BCUT2D eigenvalue weighted by molar-refractivity contribution is -0.138. The molecule has 0 spiro atoms. The average Bonchev–Trinajstić information content (AvgIpc) is 2.45. The lowest BCUT2D eigenvalue weighted by Gasteiger charge is -2.08. The molecule has 0 aliphatic rings. The molecule has 4 N–H and O–H groups in total. The quantitative estimate of drug-likeness (QED) is 0.644. The number of carbonyl (C=O) groups excluding carboxylic acids is 1. The Balaban J connectivity index is 2.27. The van der Waals surface area contributed by atoms with Crippen molar-refractivity contribution < 1.29 is 19.4 Å². The third-order valence-electron chi connectivity index (χ3n) is 2.47. The molecule has 0 saturated carbocycles. The zero-order valence-corrected chi connectivity index (χ0v) is 12.0. The fourth-order valence-corrected chi connectivity index (χ4v) is 2.19. The Bertz CT molecular complexity index is 467. The molecule has 1 aromatic rings. The minimum atomic E-state index is -1.06. The number of carboxylic acids is 1. The number of nitrogens with one attached hydrogen (secondary N) is 1. The second-order valence-electron chi connectivity index (χ2n) is 4.09. The molecule has 1 amide bonds. The minimum absolute atomic E-state index is 0.157. The molecule has 0 fully saturated rings. The number of thioether (sulfide) groups is 1. The molecular formula is C13H18N2O4S. The maximum absolute atomic E-state index is 11.6. The van der Waals surface area contributed by atoms with Crippen LogP contribution in [0.5, 0.6) is 5.75 Å². The van der Waals surface area contributed by atoms with Crippen LogP contribution in [0, 0.1) is 0 Å². The lowest BCUT2D eigenvalue weighted by Crippen LogP contribution is -2.33. The topological polar surface area (TPSA) is 102 Å². The van der Waals surface area contributed by atoms with E-state index in [9.17, 15) is 9.59 Å². The summed E-state index contributed by atoms with van der Waals surface area (Å²) in [6.45, 7) is 0.404. The first-order valence-corrected chi connectivity index (χ1v) is 7.14. The molecule has 0 saturated heterocycles. The number of amides is 1. The van der Waals surface area contributed by atoms with Gasteiger partial charge in [0.1, 0.15) is 11.8 Å². The van der Waals surface area contributed by atoms with Crippen LogP contribution in [0.2, 0.25) is 0 Å². The summed E-state index contributed by atoms with van der Waals surface area (Å²) >= 11 is 1.20. The van der Waals surface area contributed by atoms with E-state index in [0.717, 1.165) is 11.3 Å². The van der Waals surface area contributed by atoms with Crippen LogP contribution in [0.3, 0.4) is 0 Å². The van der Waals surface area contributed by atoms with Gasteiger partial charge in [0.25, 0.3) is 0 Å². The number of carbonyl (C=O) groups is 2. The van der Waals surface area contributed by atoms with E-state index in [1.807, 2.05) is 24.3 Å². The Hall–Kier alpha value is -1.73. The van der Waals surface area contributed by atoms with Crippen molar-refractivity contribution >= 4 is 23.6 Å². The fourth-order valence-electron chi connectivity index (χ4n) is 1.38. The Kier molecular flexibility index (Phi) is 6.89. The van der Waals surface area contributed by atoms with Crippen molar-refractivity contribution in [2.45, 2.75) is 12.6 Å². The molecular weight excluding hydrogens is 280 g/mol. The number of hydrogen-bond acceptors (Lipinski definition) is 5. The maximum Gasteiger partial charge on any atom is 0.321 e. The molecule has 0 aromatic heterocycles. The Morgan fingerprint density at radius 2 is 2.25 bits per heavy atom. The number of hydrogen-bond donors (Lipinski definition) is 3. The molecule has 0 aliphatic carbocycles. The van der Waals surface area contributed by atoms with Gasteiger partial charge in [-0.05, 0) is 17.7 Å². The molecule has 1 rings (SSSR count). The van der Waals surface area contributed by atoms with Gasteiger partial charge in [0, 0.05) is 12.3 Å². The van der Waals surface area contributed by atoms with Gasteiger partial charge in [0.2, 0.25) is 5.91 Å². The van der Waals surface area contributed by atoms with E-state index in [1.54, 1.807) is 7.11 Å². The van der Waals surface area contributed by atoms with Crippen molar-refractivity contribution in [2.24, 2.45) is 5.73 Å². The number of carboxylic acid groups (broad SMARTS) is 1. The highest BCUT2D eigenvalue weighted by Crippen LogP contribution is 2.12. The summed E-state index contributed by atoms with van der Waals surface area (Å²) < 4.78 is 5.09. The van der Waals surface area contributed by atoms with E-state index in [4.69, 9.17) is 15.6 Å². The highest BCUT2D eigenvalue weighted by molar-refractivity contribution is 8.00. The molecule has 0 unspecified atom stereocenters. The Labute approximate surface area is 121 Å². The van der Waals surface area contributed by atoms with E-state index >= 15 is 0 Å². The molecule has 20 heavy (non-hydrogen) atoms. The molecule has 6 nitrogen and oxygen atoms in total. The first-order valence-electron chi connectivity index (χ1n) is 5.98. The van der Waals surface area contributed by atoms with Gasteiger partial charge in [-0.15, -0.1) is 11.8 Å². The van der Waals surface area contributed by atoms with Crippen LogP contribution in [0.15, 0.2) is 24.3 Å². The molecule has 110 valence electrons. The van der Waals surface area contributed by atoms with Gasteiger partial charge < -0.3 is 20.9 Å². The second kappa shape index (κ2) is 8.44.